The summed E-state index contributed by atoms with van der Waals surface area (Å²) in [6, 6.07) is 16.2. The van der Waals surface area contributed by atoms with Crippen LogP contribution < -0.4 is 15.6 Å². The van der Waals surface area contributed by atoms with E-state index in [0.717, 1.165) is 16.2 Å². The number of amides is 1. The van der Waals surface area contributed by atoms with Crippen LogP contribution in [0.2, 0.25) is 0 Å². The van der Waals surface area contributed by atoms with Crippen LogP contribution in [0.1, 0.15) is 17.3 Å². The molecule has 7 nitrogen and oxygen atoms in total. The second kappa shape index (κ2) is 8.53. The predicted molar refractivity (Wildman–Crippen MR) is 121 cm³/mol. The molecule has 156 valence electrons. The van der Waals surface area contributed by atoms with Crippen molar-refractivity contribution in [2.24, 2.45) is 0 Å². The molecule has 2 heterocycles. The lowest BCUT2D eigenvalue weighted by Gasteiger charge is -2.10. The third-order valence-corrected chi connectivity index (χ3v) is 5.93. The average molecular weight is 433 g/mol. The van der Waals surface area contributed by atoms with Gasteiger partial charge in [-0.1, -0.05) is 12.1 Å². The molecule has 0 aliphatic rings. The first-order valence-corrected chi connectivity index (χ1v) is 10.3. The Hall–Kier alpha value is -3.78. The van der Waals surface area contributed by atoms with Crippen LogP contribution in [0.4, 0.5) is 5.69 Å². The fraction of sp³-hybridized carbons (Fsp3) is 0.130. The number of nitrogens with zero attached hydrogens (tertiary/aromatic N) is 2. The molecule has 2 aromatic carbocycles. The molecule has 4 aromatic rings. The van der Waals surface area contributed by atoms with Crippen molar-refractivity contribution in [1.82, 2.24) is 9.55 Å². The van der Waals surface area contributed by atoms with Crippen molar-refractivity contribution in [3.8, 4) is 16.2 Å². The van der Waals surface area contributed by atoms with E-state index in [1.54, 1.807) is 31.4 Å². The zero-order valence-corrected chi connectivity index (χ0v) is 17.7. The summed E-state index contributed by atoms with van der Waals surface area (Å²) in [5.41, 5.74) is 2.08. The Morgan fingerprint density at radius 3 is 2.58 bits per heavy atom. The molecule has 0 atom stereocenters. The molecular formula is C23H19N3O4S. The van der Waals surface area contributed by atoms with Crippen LogP contribution in [-0.4, -0.2) is 28.4 Å². The summed E-state index contributed by atoms with van der Waals surface area (Å²) in [7, 11) is 1.61. The monoisotopic (exact) mass is 433 g/mol. The number of benzene rings is 2. The predicted octanol–water partition coefficient (Wildman–Crippen LogP) is 3.97. The fourth-order valence-corrected chi connectivity index (χ4v) is 4.26. The third-order valence-electron chi connectivity index (χ3n) is 4.77. The van der Waals surface area contributed by atoms with Gasteiger partial charge in [-0.15, -0.1) is 11.3 Å². The summed E-state index contributed by atoms with van der Waals surface area (Å²) < 4.78 is 6.92. The van der Waals surface area contributed by atoms with Crippen LogP contribution in [-0.2, 0) is 11.3 Å². The number of rotatable bonds is 6. The minimum Gasteiger partial charge on any atom is -0.497 e. The number of ether oxygens (including phenoxy) is 1. The van der Waals surface area contributed by atoms with E-state index in [1.165, 1.54) is 29.2 Å². The number of fused-ring (bicyclic) bond motifs is 1. The standard InChI is InChI=1S/C23H19N3O4S/c1-14(27)17-5-3-4-6-18(17)25-21(28)12-26-13-24-19-11-20(31-22(19)23(26)29)15-7-9-16(30-2)10-8-15/h3-11,13H,12H2,1-2H3,(H,25,28). The highest BCUT2D eigenvalue weighted by atomic mass is 32.1. The number of Topliss-reactive ketones (excluding diaryl/α,β-unsaturated/α-hetero) is 1. The van der Waals surface area contributed by atoms with E-state index >= 15 is 0 Å². The minimum atomic E-state index is -0.413. The number of hydrogen-bond acceptors (Lipinski definition) is 6. The van der Waals surface area contributed by atoms with Gasteiger partial charge in [-0.3, -0.25) is 19.0 Å². The van der Waals surface area contributed by atoms with Crippen LogP contribution in [0.15, 0.2) is 65.7 Å². The molecule has 0 aliphatic heterocycles. The van der Waals surface area contributed by atoms with Crippen molar-refractivity contribution in [3.63, 3.8) is 0 Å². The van der Waals surface area contributed by atoms with E-state index in [0.29, 0.717) is 21.5 Å². The highest BCUT2D eigenvalue weighted by molar-refractivity contribution is 7.22. The smallest absolute Gasteiger partial charge is 0.271 e. The molecule has 0 spiro atoms. The molecule has 4 rings (SSSR count). The molecule has 31 heavy (non-hydrogen) atoms. The number of hydrogen-bond donors (Lipinski definition) is 1. The number of para-hydroxylation sites is 1. The van der Waals surface area contributed by atoms with E-state index in [9.17, 15) is 14.4 Å². The van der Waals surface area contributed by atoms with Crippen LogP contribution in [0.5, 0.6) is 5.75 Å². The summed E-state index contributed by atoms with van der Waals surface area (Å²) in [5, 5.41) is 2.70. The van der Waals surface area contributed by atoms with Gasteiger partial charge in [-0.05, 0) is 55.0 Å². The second-order valence-electron chi connectivity index (χ2n) is 6.88. The van der Waals surface area contributed by atoms with Gasteiger partial charge in [0.15, 0.2) is 5.78 Å². The average Bonchev–Trinajstić information content (AvgIpc) is 3.21. The van der Waals surface area contributed by atoms with E-state index in [-0.39, 0.29) is 17.9 Å². The Bertz CT molecular complexity index is 1340. The molecular weight excluding hydrogens is 414 g/mol. The summed E-state index contributed by atoms with van der Waals surface area (Å²) in [6.07, 6.45) is 1.37. The summed E-state index contributed by atoms with van der Waals surface area (Å²) in [4.78, 5) is 42.4. The molecule has 0 fully saturated rings. The number of nitrogens with one attached hydrogen (secondary N) is 1. The van der Waals surface area contributed by atoms with Crippen molar-refractivity contribution >= 4 is 38.9 Å². The molecule has 0 bridgehead atoms. The first-order valence-electron chi connectivity index (χ1n) is 9.49. The SMILES string of the molecule is COc1ccc(-c2cc3ncn(CC(=O)Nc4ccccc4C(C)=O)c(=O)c3s2)cc1. The number of methoxy groups -OCH3 is 1. The largest absolute Gasteiger partial charge is 0.497 e. The fourth-order valence-electron chi connectivity index (χ4n) is 3.20. The summed E-state index contributed by atoms with van der Waals surface area (Å²) in [6.45, 7) is 1.23. The molecule has 0 radical (unpaired) electrons. The highest BCUT2D eigenvalue weighted by Gasteiger charge is 2.14. The van der Waals surface area contributed by atoms with Crippen molar-refractivity contribution < 1.29 is 14.3 Å². The van der Waals surface area contributed by atoms with Crippen molar-refractivity contribution in [1.29, 1.82) is 0 Å². The van der Waals surface area contributed by atoms with Gasteiger partial charge in [0, 0.05) is 10.4 Å². The number of thiophene rings is 1. The van der Waals surface area contributed by atoms with Gasteiger partial charge in [0.25, 0.3) is 5.56 Å². The molecule has 1 amide bonds. The lowest BCUT2D eigenvalue weighted by atomic mass is 10.1. The molecule has 0 saturated heterocycles. The number of carbonyl (C=O) groups is 2. The Labute approximate surface area is 181 Å². The summed E-state index contributed by atoms with van der Waals surface area (Å²) in [5.74, 6) is 0.187. The number of anilines is 1. The van der Waals surface area contributed by atoms with Gasteiger partial charge in [-0.25, -0.2) is 4.98 Å². The zero-order valence-electron chi connectivity index (χ0n) is 16.9. The first kappa shape index (κ1) is 20.5. The van der Waals surface area contributed by atoms with Gasteiger partial charge in [-0.2, -0.15) is 0 Å². The van der Waals surface area contributed by atoms with Gasteiger partial charge < -0.3 is 10.1 Å². The maximum absolute atomic E-state index is 12.9. The molecule has 0 unspecified atom stereocenters. The highest BCUT2D eigenvalue weighted by Crippen LogP contribution is 2.31. The van der Waals surface area contributed by atoms with Crippen molar-refractivity contribution in [3.05, 3.63) is 76.8 Å². The quantitative estimate of drug-likeness (QED) is 0.465. The van der Waals surface area contributed by atoms with Crippen molar-refractivity contribution in [2.75, 3.05) is 12.4 Å². The lowest BCUT2D eigenvalue weighted by molar-refractivity contribution is -0.116. The molecule has 1 N–H and O–H groups in total. The van der Waals surface area contributed by atoms with Gasteiger partial charge in [0.05, 0.1) is 24.6 Å². The number of carbonyl (C=O) groups excluding carboxylic acids is 2. The first-order chi connectivity index (χ1) is 15.0. The van der Waals surface area contributed by atoms with E-state index in [4.69, 9.17) is 4.74 Å². The third kappa shape index (κ3) is 4.24. The molecule has 2 aromatic heterocycles. The van der Waals surface area contributed by atoms with Crippen LogP contribution in [0.25, 0.3) is 20.7 Å². The zero-order chi connectivity index (χ0) is 22.0. The maximum atomic E-state index is 12.9. The molecule has 8 heteroatoms. The molecule has 0 aliphatic carbocycles. The van der Waals surface area contributed by atoms with Crippen LogP contribution in [0, 0.1) is 0 Å². The van der Waals surface area contributed by atoms with Crippen molar-refractivity contribution in [2.45, 2.75) is 13.5 Å². The second-order valence-corrected chi connectivity index (χ2v) is 7.93. The van der Waals surface area contributed by atoms with Gasteiger partial charge in [0.1, 0.15) is 17.0 Å². The summed E-state index contributed by atoms with van der Waals surface area (Å²) >= 11 is 1.33. The Morgan fingerprint density at radius 2 is 1.87 bits per heavy atom. The Balaban J connectivity index is 1.59. The molecule has 0 saturated carbocycles. The topological polar surface area (TPSA) is 90.3 Å². The maximum Gasteiger partial charge on any atom is 0.271 e. The number of ketones is 1. The Kier molecular flexibility index (Phi) is 5.64. The number of aromatic nitrogens is 2. The van der Waals surface area contributed by atoms with Crippen LogP contribution in [0.3, 0.4) is 0 Å². The van der Waals surface area contributed by atoms with Gasteiger partial charge in [0.2, 0.25) is 5.91 Å². The Morgan fingerprint density at radius 1 is 1.13 bits per heavy atom. The normalized spacial score (nSPS) is 10.8. The van der Waals surface area contributed by atoms with E-state index < -0.39 is 5.91 Å². The lowest BCUT2D eigenvalue weighted by Crippen LogP contribution is -2.27. The van der Waals surface area contributed by atoms with E-state index in [2.05, 4.69) is 10.3 Å². The van der Waals surface area contributed by atoms with Gasteiger partial charge >= 0.3 is 0 Å². The van der Waals surface area contributed by atoms with E-state index in [1.807, 2.05) is 30.3 Å². The minimum absolute atomic E-state index is 0.152. The van der Waals surface area contributed by atoms with Crippen LogP contribution >= 0.6 is 11.3 Å².